The molecule has 0 bridgehead atoms. The topological polar surface area (TPSA) is 46.2 Å². The van der Waals surface area contributed by atoms with Crippen LogP contribution in [0.25, 0.3) is 0 Å². The van der Waals surface area contributed by atoms with Crippen LogP contribution in [0.1, 0.15) is 23.2 Å². The second-order valence-electron chi connectivity index (χ2n) is 3.31. The van der Waals surface area contributed by atoms with Crippen LogP contribution in [0.15, 0.2) is 18.2 Å². The van der Waals surface area contributed by atoms with Crippen molar-refractivity contribution in [2.24, 2.45) is 0 Å². The number of carbonyl (C=O) groups is 2. The van der Waals surface area contributed by atoms with Crippen LogP contribution in [0.4, 0.5) is 4.39 Å². The smallest absolute Gasteiger partial charge is 0.255 e. The van der Waals surface area contributed by atoms with Gasteiger partial charge in [0, 0.05) is 13.0 Å². The van der Waals surface area contributed by atoms with Gasteiger partial charge in [-0.1, -0.05) is 17.7 Å². The van der Waals surface area contributed by atoms with Gasteiger partial charge in [-0.05, 0) is 30.2 Å². The summed E-state index contributed by atoms with van der Waals surface area (Å²) in [4.78, 5) is 22.0. The largest absolute Gasteiger partial charge is 0.352 e. The zero-order chi connectivity index (χ0) is 12.8. The third kappa shape index (κ3) is 4.32. The first-order valence-electron chi connectivity index (χ1n) is 4.93. The van der Waals surface area contributed by atoms with Gasteiger partial charge in [-0.3, -0.25) is 9.59 Å². The summed E-state index contributed by atoms with van der Waals surface area (Å²) in [5.41, 5.74) is -0.189. The van der Waals surface area contributed by atoms with Crippen molar-refractivity contribution in [1.29, 1.82) is 0 Å². The number of hydrogen-bond acceptors (Lipinski definition) is 2. The Balaban J connectivity index is 2.55. The SMILES string of the molecule is O=C(Cl)CCCNC(=O)c1c(F)cccc1Cl. The lowest BCUT2D eigenvalue weighted by molar-refractivity contribution is -0.111. The molecule has 1 N–H and O–H groups in total. The predicted octanol–water partition coefficient (Wildman–Crippen LogP) is 2.75. The van der Waals surface area contributed by atoms with Gasteiger partial charge >= 0.3 is 0 Å². The first kappa shape index (κ1) is 13.9. The minimum atomic E-state index is -0.677. The van der Waals surface area contributed by atoms with E-state index < -0.39 is 17.0 Å². The van der Waals surface area contributed by atoms with E-state index in [1.54, 1.807) is 0 Å². The number of amides is 1. The molecular weight excluding hydrogens is 268 g/mol. The highest BCUT2D eigenvalue weighted by atomic mass is 35.5. The molecule has 0 fully saturated rings. The van der Waals surface area contributed by atoms with Crippen LogP contribution in [0.5, 0.6) is 0 Å². The lowest BCUT2D eigenvalue weighted by Crippen LogP contribution is -2.26. The monoisotopic (exact) mass is 277 g/mol. The molecule has 0 aliphatic heterocycles. The second-order valence-corrected chi connectivity index (χ2v) is 4.14. The molecule has 0 saturated heterocycles. The van der Waals surface area contributed by atoms with E-state index in [4.69, 9.17) is 23.2 Å². The molecule has 0 aliphatic rings. The van der Waals surface area contributed by atoms with E-state index in [1.165, 1.54) is 12.1 Å². The first-order chi connectivity index (χ1) is 8.02. The Morgan fingerprint density at radius 3 is 2.65 bits per heavy atom. The number of rotatable bonds is 5. The predicted molar refractivity (Wildman–Crippen MR) is 63.8 cm³/mol. The second kappa shape index (κ2) is 6.57. The highest BCUT2D eigenvalue weighted by molar-refractivity contribution is 6.63. The lowest BCUT2D eigenvalue weighted by atomic mass is 10.2. The number of halogens is 3. The van der Waals surface area contributed by atoms with Crippen LogP contribution in [-0.4, -0.2) is 17.7 Å². The van der Waals surface area contributed by atoms with Crippen molar-refractivity contribution in [2.75, 3.05) is 6.54 Å². The molecule has 3 nitrogen and oxygen atoms in total. The van der Waals surface area contributed by atoms with Crippen molar-refractivity contribution in [3.63, 3.8) is 0 Å². The van der Waals surface area contributed by atoms with Crippen LogP contribution in [-0.2, 0) is 4.79 Å². The first-order valence-corrected chi connectivity index (χ1v) is 5.68. The van der Waals surface area contributed by atoms with E-state index >= 15 is 0 Å². The van der Waals surface area contributed by atoms with Crippen molar-refractivity contribution in [1.82, 2.24) is 5.32 Å². The van der Waals surface area contributed by atoms with Gasteiger partial charge in [-0.2, -0.15) is 0 Å². The number of carbonyl (C=O) groups excluding carboxylic acids is 2. The maximum absolute atomic E-state index is 13.3. The van der Waals surface area contributed by atoms with E-state index in [1.807, 2.05) is 0 Å². The Hall–Kier alpha value is -1.13. The lowest BCUT2D eigenvalue weighted by Gasteiger charge is -2.06. The van der Waals surface area contributed by atoms with Gasteiger partial charge in [0.25, 0.3) is 5.91 Å². The molecule has 0 atom stereocenters. The number of hydrogen-bond donors (Lipinski definition) is 1. The Kier molecular flexibility index (Phi) is 5.38. The molecule has 0 radical (unpaired) electrons. The molecule has 0 saturated carbocycles. The average Bonchev–Trinajstić information content (AvgIpc) is 2.24. The summed E-state index contributed by atoms with van der Waals surface area (Å²) >= 11 is 10.8. The molecule has 0 spiro atoms. The van der Waals surface area contributed by atoms with Gasteiger partial charge in [0.05, 0.1) is 10.6 Å². The summed E-state index contributed by atoms with van der Waals surface area (Å²) in [5, 5.41) is 2.04. The molecule has 1 aromatic carbocycles. The van der Waals surface area contributed by atoms with Gasteiger partial charge in [-0.15, -0.1) is 0 Å². The van der Waals surface area contributed by atoms with Gasteiger partial charge in [0.1, 0.15) is 5.82 Å². The van der Waals surface area contributed by atoms with Crippen molar-refractivity contribution in [3.05, 3.63) is 34.6 Å². The molecule has 6 heteroatoms. The molecule has 1 rings (SSSR count). The number of nitrogens with one attached hydrogen (secondary N) is 1. The molecular formula is C11H10Cl2FNO2. The Labute approximate surface area is 108 Å². The van der Waals surface area contributed by atoms with Crippen LogP contribution >= 0.6 is 23.2 Å². The summed E-state index contributed by atoms with van der Waals surface area (Å²) in [6, 6.07) is 4.01. The summed E-state index contributed by atoms with van der Waals surface area (Å²) < 4.78 is 13.3. The minimum absolute atomic E-state index is 0.0518. The molecule has 1 aromatic rings. The normalized spacial score (nSPS) is 10.1. The molecule has 92 valence electrons. The summed E-state index contributed by atoms with van der Waals surface area (Å²) in [7, 11) is 0. The number of benzene rings is 1. The summed E-state index contributed by atoms with van der Waals surface area (Å²) in [5.74, 6) is -1.28. The Morgan fingerprint density at radius 1 is 1.35 bits per heavy atom. The Morgan fingerprint density at radius 2 is 2.06 bits per heavy atom. The van der Waals surface area contributed by atoms with Crippen molar-refractivity contribution < 1.29 is 14.0 Å². The summed E-state index contributed by atoms with van der Waals surface area (Å²) in [6.45, 7) is 0.238. The molecule has 17 heavy (non-hydrogen) atoms. The van der Waals surface area contributed by atoms with E-state index in [9.17, 15) is 14.0 Å². The molecule has 0 heterocycles. The molecule has 0 aromatic heterocycles. The molecule has 1 amide bonds. The van der Waals surface area contributed by atoms with Crippen LogP contribution < -0.4 is 5.32 Å². The van der Waals surface area contributed by atoms with Crippen molar-refractivity contribution in [2.45, 2.75) is 12.8 Å². The highest BCUT2D eigenvalue weighted by Crippen LogP contribution is 2.18. The van der Waals surface area contributed by atoms with Crippen molar-refractivity contribution in [3.8, 4) is 0 Å². The average molecular weight is 278 g/mol. The Bertz CT molecular complexity index is 417. The van der Waals surface area contributed by atoms with Gasteiger partial charge < -0.3 is 5.32 Å². The van der Waals surface area contributed by atoms with Crippen LogP contribution in [0.2, 0.25) is 5.02 Å². The standard InChI is InChI=1S/C11H10Cl2FNO2/c12-7-3-1-4-8(14)10(7)11(17)15-6-2-5-9(13)16/h1,3-4H,2,5-6H2,(H,15,17). The van der Waals surface area contributed by atoms with E-state index in [0.717, 1.165) is 6.07 Å². The fourth-order valence-electron chi connectivity index (χ4n) is 1.23. The van der Waals surface area contributed by atoms with E-state index in [0.29, 0.717) is 6.42 Å². The van der Waals surface area contributed by atoms with Crippen LogP contribution in [0.3, 0.4) is 0 Å². The van der Waals surface area contributed by atoms with Gasteiger partial charge in [0.15, 0.2) is 0 Å². The quantitative estimate of drug-likeness (QED) is 0.665. The fraction of sp³-hybridized carbons (Fsp3) is 0.273. The third-order valence-electron chi connectivity index (χ3n) is 2.03. The van der Waals surface area contributed by atoms with Gasteiger partial charge in [0.2, 0.25) is 5.24 Å². The van der Waals surface area contributed by atoms with Gasteiger partial charge in [-0.25, -0.2) is 4.39 Å². The molecule has 0 unspecified atom stereocenters. The summed E-state index contributed by atoms with van der Waals surface area (Å²) in [6.07, 6.45) is 0.562. The van der Waals surface area contributed by atoms with E-state index in [-0.39, 0.29) is 23.6 Å². The minimum Gasteiger partial charge on any atom is -0.352 e. The maximum atomic E-state index is 13.3. The zero-order valence-electron chi connectivity index (χ0n) is 8.80. The van der Waals surface area contributed by atoms with E-state index in [2.05, 4.69) is 5.32 Å². The zero-order valence-corrected chi connectivity index (χ0v) is 10.3. The molecule has 0 aliphatic carbocycles. The van der Waals surface area contributed by atoms with Crippen LogP contribution in [0, 0.1) is 5.82 Å². The maximum Gasteiger partial charge on any atom is 0.255 e. The third-order valence-corrected chi connectivity index (χ3v) is 2.53. The fourth-order valence-corrected chi connectivity index (χ4v) is 1.61. The highest BCUT2D eigenvalue weighted by Gasteiger charge is 2.14. The van der Waals surface area contributed by atoms with Crippen molar-refractivity contribution >= 4 is 34.4 Å².